The van der Waals surface area contributed by atoms with Crippen LogP contribution in [-0.2, 0) is 16.1 Å². The van der Waals surface area contributed by atoms with E-state index in [1.165, 1.54) is 0 Å². The molecule has 0 aromatic heterocycles. The highest BCUT2D eigenvalue weighted by molar-refractivity contribution is 7.80. The van der Waals surface area contributed by atoms with Gasteiger partial charge >= 0.3 is 5.97 Å². The van der Waals surface area contributed by atoms with Crippen molar-refractivity contribution in [3.63, 3.8) is 0 Å². The van der Waals surface area contributed by atoms with Gasteiger partial charge in [0, 0.05) is 0 Å². The average Bonchev–Trinajstić information content (AvgIpc) is 2.25. The molecule has 4 nitrogen and oxygen atoms in total. The van der Waals surface area contributed by atoms with Crippen LogP contribution in [0.5, 0.6) is 0 Å². The molecule has 1 aromatic rings. The second-order valence-electron chi connectivity index (χ2n) is 2.86. The zero-order valence-electron chi connectivity index (χ0n) is 8.10. The molecule has 3 N–H and O–H groups in total. The Kier molecular flexibility index (Phi) is 4.56. The molecule has 0 saturated carbocycles. The molecule has 0 heterocycles. The van der Waals surface area contributed by atoms with Gasteiger partial charge in [-0.25, -0.2) is 0 Å². The minimum Gasteiger partial charge on any atom is -0.460 e. The molecule has 0 aliphatic rings. The summed E-state index contributed by atoms with van der Waals surface area (Å²) < 4.78 is 4.96. The second-order valence-corrected chi connectivity index (χ2v) is 3.30. The lowest BCUT2D eigenvalue weighted by atomic mass is 10.2. The fourth-order valence-corrected chi connectivity index (χ4v) is 1.02. The van der Waals surface area contributed by atoms with E-state index >= 15 is 0 Å². The molecule has 0 saturated heterocycles. The molecule has 0 spiro atoms. The summed E-state index contributed by atoms with van der Waals surface area (Å²) in [5, 5.41) is 2.61. The first-order valence-electron chi connectivity index (χ1n) is 4.41. The minimum absolute atomic E-state index is 0.00215. The highest BCUT2D eigenvalue weighted by Gasteiger charge is 2.02. The van der Waals surface area contributed by atoms with E-state index < -0.39 is 0 Å². The van der Waals surface area contributed by atoms with E-state index in [4.69, 9.17) is 10.5 Å². The number of hydrogen-bond acceptors (Lipinski definition) is 3. The van der Waals surface area contributed by atoms with Crippen molar-refractivity contribution in [2.24, 2.45) is 5.73 Å². The van der Waals surface area contributed by atoms with E-state index in [2.05, 4.69) is 17.5 Å². The van der Waals surface area contributed by atoms with E-state index in [-0.39, 0.29) is 24.2 Å². The molecule has 0 amide bonds. The van der Waals surface area contributed by atoms with Gasteiger partial charge in [-0.15, -0.1) is 0 Å². The van der Waals surface area contributed by atoms with Crippen molar-refractivity contribution in [1.82, 2.24) is 5.32 Å². The molecule has 0 radical (unpaired) electrons. The molecule has 0 bridgehead atoms. The summed E-state index contributed by atoms with van der Waals surface area (Å²) in [6, 6.07) is 9.44. The number of benzene rings is 1. The summed E-state index contributed by atoms with van der Waals surface area (Å²) in [5.74, 6) is -0.383. The first kappa shape index (κ1) is 11.5. The van der Waals surface area contributed by atoms with Gasteiger partial charge in [0.25, 0.3) is 0 Å². The van der Waals surface area contributed by atoms with Gasteiger partial charge in [0.2, 0.25) is 0 Å². The van der Waals surface area contributed by atoms with Gasteiger partial charge < -0.3 is 15.8 Å². The van der Waals surface area contributed by atoms with Crippen LogP contribution >= 0.6 is 12.2 Å². The van der Waals surface area contributed by atoms with Gasteiger partial charge in [-0.1, -0.05) is 30.3 Å². The first-order valence-corrected chi connectivity index (χ1v) is 4.82. The second kappa shape index (κ2) is 5.98. The van der Waals surface area contributed by atoms with Crippen molar-refractivity contribution >= 4 is 23.3 Å². The van der Waals surface area contributed by atoms with Gasteiger partial charge in [0.1, 0.15) is 13.2 Å². The third-order valence-corrected chi connectivity index (χ3v) is 1.79. The third kappa shape index (κ3) is 4.97. The quantitative estimate of drug-likeness (QED) is 0.578. The van der Waals surface area contributed by atoms with Gasteiger partial charge in [-0.3, -0.25) is 4.79 Å². The Hall–Kier alpha value is -1.62. The van der Waals surface area contributed by atoms with E-state index in [1.807, 2.05) is 30.3 Å². The highest BCUT2D eigenvalue weighted by atomic mass is 32.1. The third-order valence-electron chi connectivity index (χ3n) is 1.65. The van der Waals surface area contributed by atoms with Crippen LogP contribution in [0, 0.1) is 0 Å². The van der Waals surface area contributed by atoms with Crippen LogP contribution in [0.1, 0.15) is 5.56 Å². The van der Waals surface area contributed by atoms with Crippen LogP contribution in [0.15, 0.2) is 30.3 Å². The fourth-order valence-electron chi connectivity index (χ4n) is 0.948. The highest BCUT2D eigenvalue weighted by Crippen LogP contribution is 2.00. The Bertz CT molecular complexity index is 341. The summed E-state index contributed by atoms with van der Waals surface area (Å²) in [7, 11) is 0. The molecule has 0 aliphatic heterocycles. The summed E-state index contributed by atoms with van der Waals surface area (Å²) in [6.45, 7) is 0.265. The lowest BCUT2D eigenvalue weighted by Gasteiger charge is -2.05. The van der Waals surface area contributed by atoms with E-state index in [1.54, 1.807) is 0 Å². The maximum Gasteiger partial charge on any atom is 0.325 e. The summed E-state index contributed by atoms with van der Waals surface area (Å²) in [6.07, 6.45) is 0. The van der Waals surface area contributed by atoms with Crippen LogP contribution in [0.2, 0.25) is 0 Å². The van der Waals surface area contributed by atoms with Crippen LogP contribution < -0.4 is 11.1 Å². The smallest absolute Gasteiger partial charge is 0.325 e. The molecule has 0 atom stereocenters. The number of rotatable bonds is 4. The number of esters is 1. The molecule has 80 valence electrons. The maximum absolute atomic E-state index is 11.1. The average molecular weight is 224 g/mol. The standard InChI is InChI=1S/C10H12N2O2S/c11-10(15)12-6-9(13)14-7-8-4-2-1-3-5-8/h1-5H,6-7H2,(H3,11,12,15). The van der Waals surface area contributed by atoms with Gasteiger partial charge in [-0.2, -0.15) is 0 Å². The molecule has 0 fully saturated rings. The minimum atomic E-state index is -0.383. The Balaban J connectivity index is 2.26. The predicted octanol–water partition coefficient (Wildman–Crippen LogP) is 0.563. The number of nitrogens with two attached hydrogens (primary N) is 1. The Labute approximate surface area is 93.4 Å². The Morgan fingerprint density at radius 1 is 1.40 bits per heavy atom. The number of thiocarbonyl (C=S) groups is 1. The van der Waals surface area contributed by atoms with Crippen LogP contribution in [0.4, 0.5) is 0 Å². The van der Waals surface area contributed by atoms with Gasteiger partial charge in [-0.05, 0) is 17.8 Å². The fraction of sp³-hybridized carbons (Fsp3) is 0.200. The molecule has 1 aromatic carbocycles. The molecule has 15 heavy (non-hydrogen) atoms. The normalized spacial score (nSPS) is 9.33. The number of ether oxygens (including phenoxy) is 1. The summed E-state index contributed by atoms with van der Waals surface area (Å²) in [5.41, 5.74) is 6.11. The maximum atomic E-state index is 11.1. The van der Waals surface area contributed by atoms with Crippen LogP contribution in [-0.4, -0.2) is 17.6 Å². The van der Waals surface area contributed by atoms with E-state index in [0.29, 0.717) is 0 Å². The zero-order chi connectivity index (χ0) is 11.1. The number of hydrogen-bond donors (Lipinski definition) is 2. The van der Waals surface area contributed by atoms with Crippen molar-refractivity contribution in [1.29, 1.82) is 0 Å². The summed E-state index contributed by atoms with van der Waals surface area (Å²) in [4.78, 5) is 11.1. The molecule has 0 unspecified atom stereocenters. The number of carbonyl (C=O) groups is 1. The zero-order valence-corrected chi connectivity index (χ0v) is 8.92. The lowest BCUT2D eigenvalue weighted by Crippen LogP contribution is -2.34. The Morgan fingerprint density at radius 3 is 2.67 bits per heavy atom. The van der Waals surface area contributed by atoms with Crippen LogP contribution in [0.3, 0.4) is 0 Å². The topological polar surface area (TPSA) is 64.3 Å². The number of carbonyl (C=O) groups excluding carboxylic acids is 1. The molecule has 0 aliphatic carbocycles. The largest absolute Gasteiger partial charge is 0.460 e. The lowest BCUT2D eigenvalue weighted by molar-refractivity contribution is -0.143. The molecule has 5 heteroatoms. The SMILES string of the molecule is NC(=S)NCC(=O)OCc1ccccc1. The Morgan fingerprint density at radius 2 is 2.07 bits per heavy atom. The molecular formula is C10H12N2O2S. The monoisotopic (exact) mass is 224 g/mol. The predicted molar refractivity (Wildman–Crippen MR) is 61.0 cm³/mol. The summed E-state index contributed by atoms with van der Waals surface area (Å²) >= 11 is 4.55. The molecular weight excluding hydrogens is 212 g/mol. The van der Waals surface area contributed by atoms with Crippen molar-refractivity contribution in [3.05, 3.63) is 35.9 Å². The van der Waals surface area contributed by atoms with Gasteiger partial charge in [0.15, 0.2) is 5.11 Å². The van der Waals surface area contributed by atoms with Crippen molar-refractivity contribution in [2.75, 3.05) is 6.54 Å². The van der Waals surface area contributed by atoms with Gasteiger partial charge in [0.05, 0.1) is 0 Å². The van der Waals surface area contributed by atoms with Crippen LogP contribution in [0.25, 0.3) is 0 Å². The number of nitrogens with one attached hydrogen (secondary N) is 1. The van der Waals surface area contributed by atoms with Crippen molar-refractivity contribution in [2.45, 2.75) is 6.61 Å². The molecule has 1 rings (SSSR count). The van der Waals surface area contributed by atoms with E-state index in [9.17, 15) is 4.79 Å². The first-order chi connectivity index (χ1) is 7.18. The van der Waals surface area contributed by atoms with Crippen molar-refractivity contribution < 1.29 is 9.53 Å². The van der Waals surface area contributed by atoms with E-state index in [0.717, 1.165) is 5.56 Å². The van der Waals surface area contributed by atoms with Crippen molar-refractivity contribution in [3.8, 4) is 0 Å².